The zero-order valence-electron chi connectivity index (χ0n) is 11.5. The SMILES string of the molecule is CCNCc1ccc(Oc2ccccc2[N+](=O)[O-])cc1Cl. The second kappa shape index (κ2) is 7.06. The molecule has 2 aromatic rings. The van der Waals surface area contributed by atoms with E-state index in [9.17, 15) is 10.1 Å². The van der Waals surface area contributed by atoms with Crippen LogP contribution in [0.25, 0.3) is 0 Å². The molecule has 2 rings (SSSR count). The molecule has 0 aliphatic heterocycles. The van der Waals surface area contributed by atoms with Crippen LogP contribution in [0, 0.1) is 10.1 Å². The third-order valence-electron chi connectivity index (χ3n) is 2.88. The van der Waals surface area contributed by atoms with E-state index in [-0.39, 0.29) is 11.4 Å². The van der Waals surface area contributed by atoms with Crippen molar-refractivity contribution in [1.29, 1.82) is 0 Å². The van der Waals surface area contributed by atoms with E-state index in [1.54, 1.807) is 30.3 Å². The lowest BCUT2D eigenvalue weighted by Crippen LogP contribution is -2.11. The first-order valence-electron chi connectivity index (χ1n) is 6.52. The Labute approximate surface area is 127 Å². The minimum atomic E-state index is -0.476. The van der Waals surface area contributed by atoms with Crippen molar-refractivity contribution in [2.75, 3.05) is 6.54 Å². The Morgan fingerprint density at radius 3 is 2.71 bits per heavy atom. The Morgan fingerprint density at radius 1 is 1.29 bits per heavy atom. The summed E-state index contributed by atoms with van der Waals surface area (Å²) in [6.07, 6.45) is 0. The maximum atomic E-state index is 10.9. The maximum Gasteiger partial charge on any atom is 0.311 e. The van der Waals surface area contributed by atoms with Gasteiger partial charge in [-0.2, -0.15) is 0 Å². The third kappa shape index (κ3) is 3.93. The van der Waals surface area contributed by atoms with Crippen molar-refractivity contribution in [2.24, 2.45) is 0 Å². The summed E-state index contributed by atoms with van der Waals surface area (Å²) in [5.41, 5.74) is 0.874. The molecule has 0 unspecified atom stereocenters. The number of nitrogens with one attached hydrogen (secondary N) is 1. The van der Waals surface area contributed by atoms with Crippen LogP contribution in [0.2, 0.25) is 5.02 Å². The van der Waals surface area contributed by atoms with Crippen LogP contribution in [-0.4, -0.2) is 11.5 Å². The molecule has 21 heavy (non-hydrogen) atoms. The van der Waals surface area contributed by atoms with Gasteiger partial charge in [0.15, 0.2) is 0 Å². The molecule has 0 aromatic heterocycles. The van der Waals surface area contributed by atoms with Gasteiger partial charge in [0, 0.05) is 17.6 Å². The van der Waals surface area contributed by atoms with Crippen LogP contribution in [0.1, 0.15) is 12.5 Å². The first-order chi connectivity index (χ1) is 10.1. The van der Waals surface area contributed by atoms with Gasteiger partial charge in [-0.25, -0.2) is 0 Å². The highest BCUT2D eigenvalue weighted by molar-refractivity contribution is 6.31. The first kappa shape index (κ1) is 15.3. The van der Waals surface area contributed by atoms with Gasteiger partial charge >= 0.3 is 5.69 Å². The van der Waals surface area contributed by atoms with Crippen LogP contribution < -0.4 is 10.1 Å². The molecule has 0 fully saturated rings. The van der Waals surface area contributed by atoms with E-state index in [1.165, 1.54) is 6.07 Å². The van der Waals surface area contributed by atoms with Crippen molar-refractivity contribution in [1.82, 2.24) is 5.32 Å². The van der Waals surface area contributed by atoms with Gasteiger partial charge in [-0.15, -0.1) is 0 Å². The molecule has 0 amide bonds. The summed E-state index contributed by atoms with van der Waals surface area (Å²) < 4.78 is 5.56. The van der Waals surface area contributed by atoms with Crippen LogP contribution in [0.15, 0.2) is 42.5 Å². The fourth-order valence-electron chi connectivity index (χ4n) is 1.82. The molecule has 0 bridgehead atoms. The Kier molecular flexibility index (Phi) is 5.14. The van der Waals surface area contributed by atoms with Gasteiger partial charge in [0.25, 0.3) is 0 Å². The Balaban J connectivity index is 2.21. The lowest BCUT2D eigenvalue weighted by molar-refractivity contribution is -0.385. The highest BCUT2D eigenvalue weighted by atomic mass is 35.5. The predicted molar refractivity (Wildman–Crippen MR) is 82.0 cm³/mol. The molecule has 110 valence electrons. The number of hydrogen-bond donors (Lipinski definition) is 1. The molecule has 0 spiro atoms. The molecule has 0 heterocycles. The van der Waals surface area contributed by atoms with E-state index in [1.807, 2.05) is 13.0 Å². The van der Waals surface area contributed by atoms with Gasteiger partial charge in [-0.3, -0.25) is 10.1 Å². The number of nitrogens with zero attached hydrogens (tertiary/aromatic N) is 1. The monoisotopic (exact) mass is 306 g/mol. The lowest BCUT2D eigenvalue weighted by atomic mass is 10.2. The van der Waals surface area contributed by atoms with Gasteiger partial charge in [-0.05, 0) is 30.3 Å². The Hall–Kier alpha value is -2.11. The summed E-state index contributed by atoms with van der Waals surface area (Å²) in [5, 5.41) is 14.7. The van der Waals surface area contributed by atoms with E-state index in [2.05, 4.69) is 5.32 Å². The summed E-state index contributed by atoms with van der Waals surface area (Å²) in [7, 11) is 0. The number of para-hydroxylation sites is 2. The molecule has 0 radical (unpaired) electrons. The molecular formula is C15H15ClN2O3. The predicted octanol–water partition coefficient (Wildman–Crippen LogP) is 4.15. The Morgan fingerprint density at radius 2 is 2.05 bits per heavy atom. The van der Waals surface area contributed by atoms with Crippen molar-refractivity contribution < 1.29 is 9.66 Å². The fraction of sp³-hybridized carbons (Fsp3) is 0.200. The number of halogens is 1. The summed E-state index contributed by atoms with van der Waals surface area (Å²) in [5.74, 6) is 0.660. The smallest absolute Gasteiger partial charge is 0.311 e. The second-order valence-corrected chi connectivity index (χ2v) is 4.77. The van der Waals surface area contributed by atoms with Crippen LogP contribution in [0.5, 0.6) is 11.5 Å². The van der Waals surface area contributed by atoms with Crippen LogP contribution in [0.3, 0.4) is 0 Å². The summed E-state index contributed by atoms with van der Waals surface area (Å²) in [4.78, 5) is 10.5. The van der Waals surface area contributed by atoms with Crippen molar-refractivity contribution in [2.45, 2.75) is 13.5 Å². The van der Waals surface area contributed by atoms with E-state index in [4.69, 9.17) is 16.3 Å². The van der Waals surface area contributed by atoms with E-state index in [0.29, 0.717) is 17.3 Å². The van der Waals surface area contributed by atoms with Gasteiger partial charge in [-0.1, -0.05) is 36.7 Å². The molecule has 6 heteroatoms. The quantitative estimate of drug-likeness (QED) is 0.643. The lowest BCUT2D eigenvalue weighted by Gasteiger charge is -2.09. The minimum Gasteiger partial charge on any atom is -0.450 e. The number of ether oxygens (including phenoxy) is 1. The summed E-state index contributed by atoms with van der Waals surface area (Å²) >= 11 is 6.18. The maximum absolute atomic E-state index is 10.9. The highest BCUT2D eigenvalue weighted by Crippen LogP contribution is 2.32. The fourth-order valence-corrected chi connectivity index (χ4v) is 2.05. The van der Waals surface area contributed by atoms with Crippen molar-refractivity contribution in [3.8, 4) is 11.5 Å². The highest BCUT2D eigenvalue weighted by Gasteiger charge is 2.14. The van der Waals surface area contributed by atoms with E-state index < -0.39 is 4.92 Å². The van der Waals surface area contributed by atoms with Crippen molar-refractivity contribution >= 4 is 17.3 Å². The number of hydrogen-bond acceptors (Lipinski definition) is 4. The summed E-state index contributed by atoms with van der Waals surface area (Å²) in [6, 6.07) is 11.5. The minimum absolute atomic E-state index is 0.0784. The molecule has 0 atom stereocenters. The van der Waals surface area contributed by atoms with Gasteiger partial charge in [0.1, 0.15) is 5.75 Å². The third-order valence-corrected chi connectivity index (χ3v) is 3.23. The standard InChI is InChI=1S/C15H15ClN2O3/c1-2-17-10-11-7-8-12(9-13(11)16)21-15-6-4-3-5-14(15)18(19)20/h3-9,17H,2,10H2,1H3. The molecule has 1 N–H and O–H groups in total. The molecular weight excluding hydrogens is 292 g/mol. The normalized spacial score (nSPS) is 10.4. The zero-order valence-corrected chi connectivity index (χ0v) is 12.3. The number of benzene rings is 2. The summed E-state index contributed by atoms with van der Waals surface area (Å²) in [6.45, 7) is 3.53. The molecule has 0 saturated heterocycles. The number of nitro groups is 1. The van der Waals surface area contributed by atoms with Gasteiger partial charge < -0.3 is 10.1 Å². The zero-order chi connectivity index (χ0) is 15.2. The van der Waals surface area contributed by atoms with Crippen LogP contribution in [-0.2, 0) is 6.54 Å². The molecule has 0 aliphatic carbocycles. The van der Waals surface area contributed by atoms with Crippen LogP contribution in [0.4, 0.5) is 5.69 Å². The number of rotatable bonds is 6. The van der Waals surface area contributed by atoms with E-state index in [0.717, 1.165) is 12.1 Å². The van der Waals surface area contributed by atoms with Crippen molar-refractivity contribution in [3.63, 3.8) is 0 Å². The molecule has 2 aromatic carbocycles. The van der Waals surface area contributed by atoms with Crippen molar-refractivity contribution in [3.05, 3.63) is 63.2 Å². The largest absolute Gasteiger partial charge is 0.450 e. The average Bonchev–Trinajstić information content (AvgIpc) is 2.47. The number of nitro benzene ring substituents is 1. The molecule has 5 nitrogen and oxygen atoms in total. The second-order valence-electron chi connectivity index (χ2n) is 4.36. The van der Waals surface area contributed by atoms with Crippen LogP contribution >= 0.6 is 11.6 Å². The topological polar surface area (TPSA) is 64.4 Å². The van der Waals surface area contributed by atoms with Gasteiger partial charge in [0.2, 0.25) is 5.75 Å². The molecule has 0 aliphatic rings. The molecule has 0 saturated carbocycles. The van der Waals surface area contributed by atoms with Gasteiger partial charge in [0.05, 0.1) is 4.92 Å². The first-order valence-corrected chi connectivity index (χ1v) is 6.90. The Bertz CT molecular complexity index is 647. The average molecular weight is 307 g/mol. The van der Waals surface area contributed by atoms with E-state index >= 15 is 0 Å².